The van der Waals surface area contributed by atoms with E-state index in [2.05, 4.69) is 27.7 Å². The summed E-state index contributed by atoms with van der Waals surface area (Å²) in [5.41, 5.74) is 0. The number of carbonyl (C=O) groups is 1. The van der Waals surface area contributed by atoms with Crippen LogP contribution < -0.4 is 4.74 Å². The Kier molecular flexibility index (Phi) is 5.46. The Morgan fingerprint density at radius 1 is 1.33 bits per heavy atom. The highest BCUT2D eigenvalue weighted by molar-refractivity contribution is 5.77. The lowest BCUT2D eigenvalue weighted by atomic mass is 9.96. The van der Waals surface area contributed by atoms with Crippen molar-refractivity contribution in [2.24, 2.45) is 5.92 Å². The monoisotopic (exact) mass is 328 g/mol. The highest BCUT2D eigenvalue weighted by Gasteiger charge is 2.23. The van der Waals surface area contributed by atoms with Crippen molar-refractivity contribution >= 4 is 5.91 Å². The van der Waals surface area contributed by atoms with Crippen LogP contribution in [0.3, 0.4) is 0 Å². The highest BCUT2D eigenvalue weighted by Crippen LogP contribution is 2.20. The summed E-state index contributed by atoms with van der Waals surface area (Å²) >= 11 is 0. The van der Waals surface area contributed by atoms with Gasteiger partial charge in [-0.05, 0) is 30.9 Å². The molecule has 0 N–H and O–H groups in total. The van der Waals surface area contributed by atoms with E-state index in [1.807, 2.05) is 17.2 Å². The maximum atomic E-state index is 12.3. The average Bonchev–Trinajstić information content (AvgIpc) is 3.08. The van der Waals surface area contributed by atoms with Crippen LogP contribution in [0.5, 0.6) is 5.75 Å². The van der Waals surface area contributed by atoms with Gasteiger partial charge in [0.15, 0.2) is 6.61 Å². The second kappa shape index (κ2) is 7.95. The first-order valence-corrected chi connectivity index (χ1v) is 8.57. The van der Waals surface area contributed by atoms with Crippen LogP contribution in [0, 0.1) is 5.92 Å². The summed E-state index contributed by atoms with van der Waals surface area (Å²) in [6, 6.07) is 3.61. The molecular weight excluding hydrogens is 304 g/mol. The standard InChI is InChI=1S/C18H24N4O2/c1-2-17-20-8-11-22(17)13-15-5-9-21(10-6-15)18(23)14-24-16-4-3-7-19-12-16/h3-4,7-8,11-12,15H,2,5-6,9-10,13-14H2,1H3. The number of aryl methyl sites for hydroxylation is 1. The Morgan fingerprint density at radius 3 is 2.88 bits per heavy atom. The molecular formula is C18H24N4O2. The van der Waals surface area contributed by atoms with Gasteiger partial charge in [-0.25, -0.2) is 4.98 Å². The number of pyridine rings is 1. The van der Waals surface area contributed by atoms with Crippen molar-refractivity contribution < 1.29 is 9.53 Å². The SMILES string of the molecule is CCc1nccn1CC1CCN(C(=O)COc2cccnc2)CC1. The van der Waals surface area contributed by atoms with Gasteiger partial charge < -0.3 is 14.2 Å². The fourth-order valence-electron chi connectivity index (χ4n) is 3.13. The van der Waals surface area contributed by atoms with Gasteiger partial charge in [0, 0.05) is 44.6 Å². The molecule has 0 aliphatic carbocycles. The molecule has 3 heterocycles. The number of piperidine rings is 1. The molecule has 0 bridgehead atoms. The molecule has 0 aromatic carbocycles. The van der Waals surface area contributed by atoms with Crippen molar-refractivity contribution in [1.82, 2.24) is 19.4 Å². The number of ether oxygens (including phenoxy) is 1. The molecule has 6 nitrogen and oxygen atoms in total. The van der Waals surface area contributed by atoms with E-state index < -0.39 is 0 Å². The Hall–Kier alpha value is -2.37. The van der Waals surface area contributed by atoms with Crippen molar-refractivity contribution in [3.05, 3.63) is 42.7 Å². The van der Waals surface area contributed by atoms with E-state index in [-0.39, 0.29) is 12.5 Å². The minimum atomic E-state index is 0.0502. The zero-order valence-corrected chi connectivity index (χ0v) is 14.1. The lowest BCUT2D eigenvalue weighted by Gasteiger charge is -2.32. The van der Waals surface area contributed by atoms with E-state index in [1.54, 1.807) is 18.5 Å². The first-order valence-electron chi connectivity index (χ1n) is 8.57. The maximum Gasteiger partial charge on any atom is 0.260 e. The highest BCUT2D eigenvalue weighted by atomic mass is 16.5. The minimum absolute atomic E-state index is 0.0502. The van der Waals surface area contributed by atoms with Gasteiger partial charge in [0.1, 0.15) is 11.6 Å². The van der Waals surface area contributed by atoms with Crippen molar-refractivity contribution in [2.75, 3.05) is 19.7 Å². The van der Waals surface area contributed by atoms with E-state index in [4.69, 9.17) is 4.74 Å². The average molecular weight is 328 g/mol. The minimum Gasteiger partial charge on any atom is -0.482 e. The van der Waals surface area contributed by atoms with Crippen LogP contribution in [-0.2, 0) is 17.8 Å². The molecule has 2 aromatic heterocycles. The van der Waals surface area contributed by atoms with Gasteiger partial charge in [-0.1, -0.05) is 6.92 Å². The predicted octanol–water partition coefficient (Wildman–Crippen LogP) is 2.16. The fraction of sp³-hybridized carbons (Fsp3) is 0.500. The van der Waals surface area contributed by atoms with Gasteiger partial charge >= 0.3 is 0 Å². The third-order valence-corrected chi connectivity index (χ3v) is 4.54. The molecule has 3 rings (SSSR count). The molecule has 1 aliphatic rings. The van der Waals surface area contributed by atoms with Crippen molar-refractivity contribution in [3.8, 4) is 5.75 Å². The smallest absolute Gasteiger partial charge is 0.260 e. The summed E-state index contributed by atoms with van der Waals surface area (Å²) in [7, 11) is 0. The molecule has 1 fully saturated rings. The molecule has 0 unspecified atom stereocenters. The molecule has 1 aliphatic heterocycles. The second-order valence-corrected chi connectivity index (χ2v) is 6.15. The Labute approximate surface area is 142 Å². The Bertz CT molecular complexity index is 648. The van der Waals surface area contributed by atoms with Crippen molar-refractivity contribution in [3.63, 3.8) is 0 Å². The predicted molar refractivity (Wildman–Crippen MR) is 90.6 cm³/mol. The molecule has 2 aromatic rings. The van der Waals surface area contributed by atoms with Crippen LogP contribution in [-0.4, -0.2) is 45.0 Å². The number of likely N-dealkylation sites (tertiary alicyclic amines) is 1. The van der Waals surface area contributed by atoms with E-state index in [1.165, 1.54) is 0 Å². The Morgan fingerprint density at radius 2 is 2.17 bits per heavy atom. The number of nitrogens with zero attached hydrogens (tertiary/aromatic N) is 4. The normalized spacial score (nSPS) is 15.5. The number of rotatable bonds is 6. The number of amides is 1. The van der Waals surface area contributed by atoms with Gasteiger partial charge in [-0.15, -0.1) is 0 Å². The number of hydrogen-bond acceptors (Lipinski definition) is 4. The Balaban J connectivity index is 1.43. The summed E-state index contributed by atoms with van der Waals surface area (Å²) < 4.78 is 7.74. The summed E-state index contributed by atoms with van der Waals surface area (Å²) in [4.78, 5) is 22.5. The van der Waals surface area contributed by atoms with Crippen molar-refractivity contribution in [2.45, 2.75) is 32.7 Å². The summed E-state index contributed by atoms with van der Waals surface area (Å²) in [5.74, 6) is 2.42. The number of aromatic nitrogens is 3. The van der Waals surface area contributed by atoms with Crippen LogP contribution in [0.25, 0.3) is 0 Å². The van der Waals surface area contributed by atoms with Gasteiger partial charge in [-0.2, -0.15) is 0 Å². The van der Waals surface area contributed by atoms with Gasteiger partial charge in [-0.3, -0.25) is 9.78 Å². The van der Waals surface area contributed by atoms with Crippen LogP contribution in [0.2, 0.25) is 0 Å². The molecule has 0 radical (unpaired) electrons. The topological polar surface area (TPSA) is 60.2 Å². The van der Waals surface area contributed by atoms with Crippen LogP contribution in [0.1, 0.15) is 25.6 Å². The third kappa shape index (κ3) is 4.13. The first-order chi connectivity index (χ1) is 11.8. The van der Waals surface area contributed by atoms with E-state index in [0.717, 1.165) is 44.7 Å². The van der Waals surface area contributed by atoms with Gasteiger partial charge in [0.2, 0.25) is 0 Å². The van der Waals surface area contributed by atoms with Crippen LogP contribution in [0.15, 0.2) is 36.9 Å². The quantitative estimate of drug-likeness (QED) is 0.815. The van der Waals surface area contributed by atoms with Crippen LogP contribution in [0.4, 0.5) is 0 Å². The largest absolute Gasteiger partial charge is 0.482 e. The molecule has 1 amide bonds. The molecule has 0 saturated carbocycles. The zero-order chi connectivity index (χ0) is 16.8. The molecule has 6 heteroatoms. The third-order valence-electron chi connectivity index (χ3n) is 4.54. The fourth-order valence-corrected chi connectivity index (χ4v) is 3.13. The summed E-state index contributed by atoms with van der Waals surface area (Å²) in [5, 5.41) is 0. The first kappa shape index (κ1) is 16.5. The van der Waals surface area contributed by atoms with Gasteiger partial charge in [0.05, 0.1) is 6.20 Å². The lowest BCUT2D eigenvalue weighted by molar-refractivity contribution is -0.134. The van der Waals surface area contributed by atoms with Gasteiger partial charge in [0.25, 0.3) is 5.91 Å². The number of carbonyl (C=O) groups excluding carboxylic acids is 1. The lowest BCUT2D eigenvalue weighted by Crippen LogP contribution is -2.41. The number of hydrogen-bond donors (Lipinski definition) is 0. The second-order valence-electron chi connectivity index (χ2n) is 6.15. The van der Waals surface area contributed by atoms with E-state index >= 15 is 0 Å². The summed E-state index contributed by atoms with van der Waals surface area (Å²) in [6.45, 7) is 4.81. The number of imidazole rings is 1. The maximum absolute atomic E-state index is 12.3. The van der Waals surface area contributed by atoms with Crippen molar-refractivity contribution in [1.29, 1.82) is 0 Å². The van der Waals surface area contributed by atoms with E-state index in [9.17, 15) is 4.79 Å². The molecule has 0 atom stereocenters. The summed E-state index contributed by atoms with van der Waals surface area (Å²) in [6.07, 6.45) is 10.2. The van der Waals surface area contributed by atoms with E-state index in [0.29, 0.717) is 11.7 Å². The molecule has 1 saturated heterocycles. The zero-order valence-electron chi connectivity index (χ0n) is 14.1. The molecule has 0 spiro atoms. The molecule has 24 heavy (non-hydrogen) atoms. The molecule has 128 valence electrons. The van der Waals surface area contributed by atoms with Crippen LogP contribution >= 0.6 is 0 Å².